The first-order valence-corrected chi connectivity index (χ1v) is 5.69. The second-order valence-corrected chi connectivity index (χ2v) is 4.18. The Labute approximate surface area is 90.8 Å². The van der Waals surface area contributed by atoms with Crippen LogP contribution in [0.15, 0.2) is 22.8 Å². The van der Waals surface area contributed by atoms with Crippen LogP contribution >= 0.6 is 0 Å². The van der Waals surface area contributed by atoms with Crippen molar-refractivity contribution in [2.75, 3.05) is 13.2 Å². The SMILES string of the molecule is CCC1(CC)COC(c2ccco2)CN1. The predicted octanol–water partition coefficient (Wildman–Crippen LogP) is 2.50. The van der Waals surface area contributed by atoms with Crippen LogP contribution in [0.5, 0.6) is 0 Å². The molecule has 15 heavy (non-hydrogen) atoms. The lowest BCUT2D eigenvalue weighted by Gasteiger charge is -2.39. The summed E-state index contributed by atoms with van der Waals surface area (Å²) >= 11 is 0. The van der Waals surface area contributed by atoms with Crippen LogP contribution in [0.2, 0.25) is 0 Å². The largest absolute Gasteiger partial charge is 0.467 e. The number of rotatable bonds is 3. The van der Waals surface area contributed by atoms with E-state index in [9.17, 15) is 0 Å². The Balaban J connectivity index is 1.97. The lowest BCUT2D eigenvalue weighted by Crippen LogP contribution is -2.54. The van der Waals surface area contributed by atoms with E-state index in [-0.39, 0.29) is 11.6 Å². The van der Waals surface area contributed by atoms with E-state index in [0.717, 1.165) is 31.8 Å². The van der Waals surface area contributed by atoms with E-state index in [2.05, 4.69) is 19.2 Å². The fourth-order valence-electron chi connectivity index (χ4n) is 2.04. The molecule has 0 radical (unpaired) electrons. The van der Waals surface area contributed by atoms with Crippen LogP contribution in [0.25, 0.3) is 0 Å². The Morgan fingerprint density at radius 1 is 1.47 bits per heavy atom. The van der Waals surface area contributed by atoms with Crippen molar-refractivity contribution >= 4 is 0 Å². The van der Waals surface area contributed by atoms with E-state index >= 15 is 0 Å². The number of furan rings is 1. The molecule has 1 aliphatic heterocycles. The minimum absolute atomic E-state index is 0.0752. The first kappa shape index (κ1) is 10.7. The molecular weight excluding hydrogens is 190 g/mol. The topological polar surface area (TPSA) is 34.4 Å². The van der Waals surface area contributed by atoms with Gasteiger partial charge in [-0.15, -0.1) is 0 Å². The maximum absolute atomic E-state index is 5.86. The molecule has 2 rings (SSSR count). The quantitative estimate of drug-likeness (QED) is 0.830. The van der Waals surface area contributed by atoms with E-state index in [4.69, 9.17) is 9.15 Å². The smallest absolute Gasteiger partial charge is 0.133 e. The Bertz CT molecular complexity index is 281. The zero-order chi connectivity index (χ0) is 10.7. The van der Waals surface area contributed by atoms with E-state index < -0.39 is 0 Å². The summed E-state index contributed by atoms with van der Waals surface area (Å²) in [5.41, 5.74) is 0.170. The molecule has 3 heteroatoms. The summed E-state index contributed by atoms with van der Waals surface area (Å²) in [6.45, 7) is 6.01. The molecule has 0 aromatic carbocycles. The Morgan fingerprint density at radius 2 is 2.27 bits per heavy atom. The second kappa shape index (κ2) is 4.37. The first-order chi connectivity index (χ1) is 7.29. The zero-order valence-electron chi connectivity index (χ0n) is 9.45. The van der Waals surface area contributed by atoms with Gasteiger partial charge in [-0.2, -0.15) is 0 Å². The third-order valence-electron chi connectivity index (χ3n) is 3.44. The lowest BCUT2D eigenvalue weighted by atomic mass is 9.92. The minimum Gasteiger partial charge on any atom is -0.467 e. The summed E-state index contributed by atoms with van der Waals surface area (Å²) in [5, 5.41) is 3.59. The number of morpholine rings is 1. The highest BCUT2D eigenvalue weighted by atomic mass is 16.5. The molecule has 1 fully saturated rings. The molecule has 1 aromatic heterocycles. The van der Waals surface area contributed by atoms with Crippen molar-refractivity contribution in [3.63, 3.8) is 0 Å². The van der Waals surface area contributed by atoms with E-state index in [1.807, 2.05) is 12.1 Å². The van der Waals surface area contributed by atoms with Gasteiger partial charge in [0, 0.05) is 12.1 Å². The fraction of sp³-hybridized carbons (Fsp3) is 0.667. The van der Waals surface area contributed by atoms with Crippen molar-refractivity contribution in [1.29, 1.82) is 0 Å². The van der Waals surface area contributed by atoms with Crippen LogP contribution in [0.4, 0.5) is 0 Å². The van der Waals surface area contributed by atoms with E-state index in [0.29, 0.717) is 0 Å². The van der Waals surface area contributed by atoms with Gasteiger partial charge in [0.15, 0.2) is 0 Å². The summed E-state index contributed by atoms with van der Waals surface area (Å²) in [4.78, 5) is 0. The normalized spacial score (nSPS) is 25.3. The molecule has 1 N–H and O–H groups in total. The Morgan fingerprint density at radius 3 is 2.73 bits per heavy atom. The standard InChI is InChI=1S/C12H19NO2/c1-3-12(4-2)9-15-11(8-13-12)10-6-5-7-14-10/h5-7,11,13H,3-4,8-9H2,1-2H3. The molecule has 1 saturated heterocycles. The van der Waals surface area contributed by atoms with Crippen molar-refractivity contribution < 1.29 is 9.15 Å². The summed E-state index contributed by atoms with van der Waals surface area (Å²) in [6.07, 6.45) is 3.98. The summed E-state index contributed by atoms with van der Waals surface area (Å²) in [6, 6.07) is 3.87. The molecule has 84 valence electrons. The molecule has 0 aliphatic carbocycles. The monoisotopic (exact) mass is 209 g/mol. The van der Waals surface area contributed by atoms with Crippen molar-refractivity contribution in [2.45, 2.75) is 38.3 Å². The molecule has 2 heterocycles. The van der Waals surface area contributed by atoms with Crippen LogP contribution < -0.4 is 5.32 Å². The second-order valence-electron chi connectivity index (χ2n) is 4.18. The molecule has 0 spiro atoms. The third kappa shape index (κ3) is 2.08. The van der Waals surface area contributed by atoms with Gasteiger partial charge in [0.25, 0.3) is 0 Å². The van der Waals surface area contributed by atoms with Gasteiger partial charge >= 0.3 is 0 Å². The fourth-order valence-corrected chi connectivity index (χ4v) is 2.04. The summed E-state index contributed by atoms with van der Waals surface area (Å²) in [7, 11) is 0. The van der Waals surface area contributed by atoms with Crippen molar-refractivity contribution in [3.8, 4) is 0 Å². The summed E-state index contributed by atoms with van der Waals surface area (Å²) in [5.74, 6) is 0.920. The van der Waals surface area contributed by atoms with Crippen LogP contribution in [0.1, 0.15) is 38.6 Å². The van der Waals surface area contributed by atoms with Crippen LogP contribution in [0, 0.1) is 0 Å². The van der Waals surface area contributed by atoms with Gasteiger partial charge in [0.1, 0.15) is 11.9 Å². The molecule has 0 saturated carbocycles. The summed E-state index contributed by atoms with van der Waals surface area (Å²) < 4.78 is 11.2. The highest BCUT2D eigenvalue weighted by molar-refractivity contribution is 5.05. The van der Waals surface area contributed by atoms with Crippen LogP contribution in [0.3, 0.4) is 0 Å². The van der Waals surface area contributed by atoms with Gasteiger partial charge in [-0.3, -0.25) is 0 Å². The molecule has 1 atom stereocenters. The average molecular weight is 209 g/mol. The molecule has 0 bridgehead atoms. The maximum Gasteiger partial charge on any atom is 0.133 e. The van der Waals surface area contributed by atoms with Crippen molar-refractivity contribution in [1.82, 2.24) is 5.32 Å². The first-order valence-electron chi connectivity index (χ1n) is 5.69. The van der Waals surface area contributed by atoms with Crippen molar-refractivity contribution in [2.24, 2.45) is 0 Å². The maximum atomic E-state index is 5.86. The zero-order valence-corrected chi connectivity index (χ0v) is 9.45. The van der Waals surface area contributed by atoms with Crippen LogP contribution in [-0.2, 0) is 4.74 Å². The minimum atomic E-state index is 0.0752. The molecule has 1 unspecified atom stereocenters. The van der Waals surface area contributed by atoms with E-state index in [1.54, 1.807) is 6.26 Å². The van der Waals surface area contributed by atoms with Gasteiger partial charge < -0.3 is 14.5 Å². The number of hydrogen-bond donors (Lipinski definition) is 1. The van der Waals surface area contributed by atoms with Gasteiger partial charge in [-0.25, -0.2) is 0 Å². The highest BCUT2D eigenvalue weighted by Crippen LogP contribution is 2.27. The molecule has 0 amide bonds. The average Bonchev–Trinajstić information content (AvgIpc) is 2.83. The number of nitrogens with one attached hydrogen (secondary N) is 1. The predicted molar refractivity (Wildman–Crippen MR) is 58.7 cm³/mol. The van der Waals surface area contributed by atoms with Gasteiger partial charge in [0.2, 0.25) is 0 Å². The van der Waals surface area contributed by atoms with Gasteiger partial charge in [-0.05, 0) is 25.0 Å². The third-order valence-corrected chi connectivity index (χ3v) is 3.44. The Hall–Kier alpha value is -0.800. The molecule has 3 nitrogen and oxygen atoms in total. The Kier molecular flexibility index (Phi) is 3.12. The van der Waals surface area contributed by atoms with Crippen molar-refractivity contribution in [3.05, 3.63) is 24.2 Å². The molecule has 1 aliphatic rings. The highest BCUT2D eigenvalue weighted by Gasteiger charge is 2.33. The molecular formula is C12H19NO2. The van der Waals surface area contributed by atoms with Crippen LogP contribution in [-0.4, -0.2) is 18.7 Å². The van der Waals surface area contributed by atoms with Gasteiger partial charge in [0.05, 0.1) is 12.9 Å². The lowest BCUT2D eigenvalue weighted by molar-refractivity contribution is -0.0464. The molecule has 1 aromatic rings. The number of ether oxygens (including phenoxy) is 1. The number of hydrogen-bond acceptors (Lipinski definition) is 3. The van der Waals surface area contributed by atoms with Gasteiger partial charge in [-0.1, -0.05) is 13.8 Å². The van der Waals surface area contributed by atoms with E-state index in [1.165, 1.54) is 0 Å².